The fraction of sp³-hybridized carbons (Fsp3) is 1.00. The molecule has 2 nitrogen and oxygen atoms in total. The second-order valence-corrected chi connectivity index (χ2v) is 6.65. The van der Waals surface area contributed by atoms with Gasteiger partial charge in [0.25, 0.3) is 0 Å². The van der Waals surface area contributed by atoms with Crippen molar-refractivity contribution in [3.63, 3.8) is 0 Å². The van der Waals surface area contributed by atoms with Crippen LogP contribution in [-0.2, 0) is 0 Å². The maximum atomic E-state index is 6.26. The molecule has 0 aliphatic carbocycles. The topological polar surface area (TPSA) is 52.0 Å². The summed E-state index contributed by atoms with van der Waals surface area (Å²) >= 11 is 0. The van der Waals surface area contributed by atoms with Crippen molar-refractivity contribution >= 4 is 0 Å². The van der Waals surface area contributed by atoms with Crippen molar-refractivity contribution in [2.45, 2.75) is 66.3 Å². The molecule has 98 valence electrons. The number of rotatable bonds is 7. The van der Waals surface area contributed by atoms with E-state index in [1.54, 1.807) is 0 Å². The highest BCUT2D eigenvalue weighted by molar-refractivity contribution is 4.83. The number of hydrogen-bond donors (Lipinski definition) is 2. The minimum Gasteiger partial charge on any atom is -0.330 e. The standard InChI is InChI=1S/C14H32N2/c1-11(2)14(6,16)9-7-8-12(3)13(4,5)10-15/h11-12H,7-10,15-16H2,1-6H3. The van der Waals surface area contributed by atoms with Gasteiger partial charge in [0.1, 0.15) is 0 Å². The normalized spacial score (nSPS) is 18.6. The van der Waals surface area contributed by atoms with E-state index in [0.717, 1.165) is 13.0 Å². The van der Waals surface area contributed by atoms with Crippen LogP contribution in [0, 0.1) is 17.3 Å². The van der Waals surface area contributed by atoms with Crippen LogP contribution in [0.15, 0.2) is 0 Å². The van der Waals surface area contributed by atoms with Crippen molar-refractivity contribution in [1.29, 1.82) is 0 Å². The summed E-state index contributed by atoms with van der Waals surface area (Å²) in [6, 6.07) is 0. The highest BCUT2D eigenvalue weighted by Gasteiger charge is 2.26. The van der Waals surface area contributed by atoms with Crippen molar-refractivity contribution in [3.05, 3.63) is 0 Å². The third-order valence-corrected chi connectivity index (χ3v) is 4.53. The van der Waals surface area contributed by atoms with E-state index in [2.05, 4.69) is 41.5 Å². The Kier molecular flexibility index (Phi) is 5.99. The van der Waals surface area contributed by atoms with Gasteiger partial charge < -0.3 is 11.5 Å². The van der Waals surface area contributed by atoms with Gasteiger partial charge in [0.15, 0.2) is 0 Å². The van der Waals surface area contributed by atoms with Gasteiger partial charge in [-0.3, -0.25) is 0 Å². The van der Waals surface area contributed by atoms with Gasteiger partial charge in [0.05, 0.1) is 0 Å². The van der Waals surface area contributed by atoms with Crippen molar-refractivity contribution in [1.82, 2.24) is 0 Å². The number of nitrogens with two attached hydrogens (primary N) is 2. The quantitative estimate of drug-likeness (QED) is 0.703. The Hall–Kier alpha value is -0.0800. The van der Waals surface area contributed by atoms with Crippen molar-refractivity contribution < 1.29 is 0 Å². The second-order valence-electron chi connectivity index (χ2n) is 6.65. The SMILES string of the molecule is CC(CCCC(C)(N)C(C)C)C(C)(C)CN. The first-order chi connectivity index (χ1) is 7.13. The predicted octanol–water partition coefficient (Wildman–Crippen LogP) is 3.15. The largest absolute Gasteiger partial charge is 0.330 e. The van der Waals surface area contributed by atoms with Crippen LogP contribution in [0.3, 0.4) is 0 Å². The Morgan fingerprint density at radius 1 is 1.06 bits per heavy atom. The van der Waals surface area contributed by atoms with E-state index in [4.69, 9.17) is 11.5 Å². The molecule has 0 saturated heterocycles. The van der Waals surface area contributed by atoms with E-state index in [-0.39, 0.29) is 11.0 Å². The van der Waals surface area contributed by atoms with Crippen LogP contribution in [0.1, 0.15) is 60.8 Å². The fourth-order valence-electron chi connectivity index (χ4n) is 1.67. The molecule has 4 N–H and O–H groups in total. The van der Waals surface area contributed by atoms with E-state index in [1.165, 1.54) is 12.8 Å². The molecule has 0 bridgehead atoms. The zero-order valence-electron chi connectivity index (χ0n) is 12.1. The van der Waals surface area contributed by atoms with Crippen LogP contribution in [0.5, 0.6) is 0 Å². The molecule has 0 fully saturated rings. The van der Waals surface area contributed by atoms with E-state index in [9.17, 15) is 0 Å². The summed E-state index contributed by atoms with van der Waals surface area (Å²) < 4.78 is 0. The molecule has 0 spiro atoms. The monoisotopic (exact) mass is 228 g/mol. The molecule has 0 rings (SSSR count). The first-order valence-corrected chi connectivity index (χ1v) is 6.62. The van der Waals surface area contributed by atoms with Gasteiger partial charge >= 0.3 is 0 Å². The smallest absolute Gasteiger partial charge is 0.0149 e. The Morgan fingerprint density at radius 2 is 1.56 bits per heavy atom. The maximum absolute atomic E-state index is 6.26. The van der Waals surface area contributed by atoms with Crippen molar-refractivity contribution in [2.75, 3.05) is 6.54 Å². The molecule has 2 atom stereocenters. The average Bonchev–Trinajstić information content (AvgIpc) is 2.17. The summed E-state index contributed by atoms with van der Waals surface area (Å²) in [6.07, 6.45) is 3.54. The summed E-state index contributed by atoms with van der Waals surface area (Å²) in [5.41, 5.74) is 12.3. The summed E-state index contributed by atoms with van der Waals surface area (Å²) in [4.78, 5) is 0. The maximum Gasteiger partial charge on any atom is 0.0149 e. The Labute approximate surface area is 102 Å². The highest BCUT2D eigenvalue weighted by Crippen LogP contribution is 2.30. The van der Waals surface area contributed by atoms with Gasteiger partial charge in [0, 0.05) is 5.54 Å². The molecule has 0 amide bonds. The van der Waals surface area contributed by atoms with E-state index in [0.29, 0.717) is 11.8 Å². The molecule has 0 radical (unpaired) electrons. The van der Waals surface area contributed by atoms with E-state index in [1.807, 2.05) is 0 Å². The Morgan fingerprint density at radius 3 is 1.94 bits per heavy atom. The zero-order valence-corrected chi connectivity index (χ0v) is 12.1. The molecule has 0 heterocycles. The van der Waals surface area contributed by atoms with Crippen LogP contribution in [0.25, 0.3) is 0 Å². The molecule has 0 aromatic carbocycles. The lowest BCUT2D eigenvalue weighted by molar-refractivity contribution is 0.211. The fourth-order valence-corrected chi connectivity index (χ4v) is 1.67. The van der Waals surface area contributed by atoms with Crippen LogP contribution >= 0.6 is 0 Å². The van der Waals surface area contributed by atoms with Gasteiger partial charge in [-0.25, -0.2) is 0 Å². The van der Waals surface area contributed by atoms with Crippen LogP contribution in [0.4, 0.5) is 0 Å². The van der Waals surface area contributed by atoms with Gasteiger partial charge in [-0.2, -0.15) is 0 Å². The molecule has 16 heavy (non-hydrogen) atoms. The van der Waals surface area contributed by atoms with Crippen LogP contribution in [0.2, 0.25) is 0 Å². The lowest BCUT2D eigenvalue weighted by Crippen LogP contribution is -2.41. The third-order valence-electron chi connectivity index (χ3n) is 4.53. The Bertz CT molecular complexity index is 195. The molecular formula is C14H32N2. The Balaban J connectivity index is 4.00. The molecule has 0 aliphatic heterocycles. The van der Waals surface area contributed by atoms with E-state index < -0.39 is 0 Å². The molecule has 0 aromatic rings. The van der Waals surface area contributed by atoms with Gasteiger partial charge in [-0.15, -0.1) is 0 Å². The lowest BCUT2D eigenvalue weighted by Gasteiger charge is -2.33. The highest BCUT2D eigenvalue weighted by atomic mass is 14.7. The first-order valence-electron chi connectivity index (χ1n) is 6.62. The lowest BCUT2D eigenvalue weighted by atomic mass is 9.76. The van der Waals surface area contributed by atoms with Crippen LogP contribution < -0.4 is 11.5 Å². The third kappa shape index (κ3) is 4.84. The van der Waals surface area contributed by atoms with Crippen molar-refractivity contribution in [3.8, 4) is 0 Å². The summed E-state index contributed by atoms with van der Waals surface area (Å²) in [5, 5.41) is 0. The van der Waals surface area contributed by atoms with Crippen LogP contribution in [-0.4, -0.2) is 12.1 Å². The van der Waals surface area contributed by atoms with Gasteiger partial charge in [-0.1, -0.05) is 47.5 Å². The zero-order chi connectivity index (χ0) is 13.0. The van der Waals surface area contributed by atoms with Crippen molar-refractivity contribution in [2.24, 2.45) is 28.7 Å². The van der Waals surface area contributed by atoms with E-state index >= 15 is 0 Å². The average molecular weight is 228 g/mol. The molecule has 0 aliphatic rings. The molecule has 0 aromatic heterocycles. The number of hydrogen-bond acceptors (Lipinski definition) is 2. The first kappa shape index (κ1) is 15.9. The minimum absolute atomic E-state index is 0.0213. The molecule has 2 heteroatoms. The minimum atomic E-state index is -0.0213. The van der Waals surface area contributed by atoms with Gasteiger partial charge in [0.2, 0.25) is 0 Å². The molecule has 0 saturated carbocycles. The second kappa shape index (κ2) is 6.02. The summed E-state index contributed by atoms with van der Waals surface area (Å²) in [5.74, 6) is 1.21. The molecular weight excluding hydrogens is 196 g/mol. The summed E-state index contributed by atoms with van der Waals surface area (Å²) in [7, 11) is 0. The van der Waals surface area contributed by atoms with Gasteiger partial charge in [-0.05, 0) is 37.1 Å². The summed E-state index contributed by atoms with van der Waals surface area (Å²) in [6.45, 7) is 14.1. The molecule has 2 unspecified atom stereocenters. The predicted molar refractivity (Wildman–Crippen MR) is 73.3 cm³/mol.